The van der Waals surface area contributed by atoms with Crippen LogP contribution in [0.5, 0.6) is 0 Å². The van der Waals surface area contributed by atoms with E-state index in [9.17, 15) is 4.79 Å². The zero-order valence-corrected chi connectivity index (χ0v) is 10.5. The molecule has 1 aliphatic heterocycles. The lowest BCUT2D eigenvalue weighted by Crippen LogP contribution is -2.35. The highest BCUT2D eigenvalue weighted by atomic mass is 32.1. The molecule has 1 saturated heterocycles. The Hall–Kier alpha value is -0.870. The summed E-state index contributed by atoms with van der Waals surface area (Å²) < 4.78 is 5.40. The normalized spacial score (nSPS) is 20.0. The molecule has 1 atom stereocenters. The van der Waals surface area contributed by atoms with E-state index in [1.54, 1.807) is 16.2 Å². The summed E-state index contributed by atoms with van der Waals surface area (Å²) in [6, 6.07) is 2.09. The van der Waals surface area contributed by atoms with Crippen LogP contribution in [0.15, 0.2) is 11.4 Å². The highest BCUT2D eigenvalue weighted by Crippen LogP contribution is 2.19. The lowest BCUT2D eigenvalue weighted by molar-refractivity contribution is -0.140. The van der Waals surface area contributed by atoms with Gasteiger partial charge in [-0.15, -0.1) is 11.3 Å². The van der Waals surface area contributed by atoms with Gasteiger partial charge < -0.3 is 9.64 Å². The predicted molar refractivity (Wildman–Crippen MR) is 64.5 cm³/mol. The summed E-state index contributed by atoms with van der Waals surface area (Å²) in [6.45, 7) is 3.50. The summed E-state index contributed by atoms with van der Waals surface area (Å²) in [7, 11) is 1.85. The minimum Gasteiger partial charge on any atom is -0.368 e. The molecule has 3 nitrogen and oxygen atoms in total. The van der Waals surface area contributed by atoms with Crippen molar-refractivity contribution < 1.29 is 9.53 Å². The van der Waals surface area contributed by atoms with Crippen molar-refractivity contribution >= 4 is 17.2 Å². The molecule has 0 radical (unpaired) electrons. The Balaban J connectivity index is 1.94. The van der Waals surface area contributed by atoms with Crippen LogP contribution in [0, 0.1) is 6.92 Å². The van der Waals surface area contributed by atoms with E-state index in [4.69, 9.17) is 4.74 Å². The summed E-state index contributed by atoms with van der Waals surface area (Å²) in [6.07, 6.45) is 1.67. The number of nitrogens with zero attached hydrogens (tertiary/aromatic N) is 1. The maximum absolute atomic E-state index is 12.0. The van der Waals surface area contributed by atoms with Gasteiger partial charge in [-0.05, 0) is 36.8 Å². The molecule has 88 valence electrons. The second-order valence-corrected chi connectivity index (χ2v) is 5.22. The summed E-state index contributed by atoms with van der Waals surface area (Å²) in [5.41, 5.74) is 1.26. The molecular formula is C12H17NO2S. The first-order valence-corrected chi connectivity index (χ1v) is 6.46. The molecule has 1 aromatic rings. The number of carbonyl (C=O) groups is 1. The molecular weight excluding hydrogens is 222 g/mol. The largest absolute Gasteiger partial charge is 0.368 e. The van der Waals surface area contributed by atoms with E-state index in [1.807, 2.05) is 7.05 Å². The van der Waals surface area contributed by atoms with E-state index >= 15 is 0 Å². The Morgan fingerprint density at radius 2 is 2.50 bits per heavy atom. The molecule has 2 heterocycles. The van der Waals surface area contributed by atoms with Gasteiger partial charge >= 0.3 is 0 Å². The molecule has 0 spiro atoms. The van der Waals surface area contributed by atoms with Crippen molar-refractivity contribution in [3.63, 3.8) is 0 Å². The second-order valence-electron chi connectivity index (χ2n) is 4.22. The minimum absolute atomic E-state index is 0.116. The van der Waals surface area contributed by atoms with Crippen LogP contribution in [0.2, 0.25) is 0 Å². The monoisotopic (exact) mass is 239 g/mol. The van der Waals surface area contributed by atoms with Gasteiger partial charge in [0.25, 0.3) is 5.91 Å². The molecule has 0 saturated carbocycles. The molecule has 0 bridgehead atoms. The van der Waals surface area contributed by atoms with Gasteiger partial charge in [0, 0.05) is 18.5 Å². The first-order valence-electron chi connectivity index (χ1n) is 5.58. The zero-order valence-electron chi connectivity index (χ0n) is 9.73. The smallest absolute Gasteiger partial charge is 0.251 e. The molecule has 1 aromatic heterocycles. The summed E-state index contributed by atoms with van der Waals surface area (Å²) in [5.74, 6) is 0.116. The number of carbonyl (C=O) groups excluding carboxylic acids is 1. The van der Waals surface area contributed by atoms with E-state index in [0.717, 1.165) is 19.4 Å². The maximum Gasteiger partial charge on any atom is 0.251 e. The fraction of sp³-hybridized carbons (Fsp3) is 0.583. The maximum atomic E-state index is 12.0. The Morgan fingerprint density at radius 3 is 3.06 bits per heavy atom. The Bertz CT molecular complexity index is 369. The first kappa shape index (κ1) is 11.6. The van der Waals surface area contributed by atoms with Crippen molar-refractivity contribution in [2.45, 2.75) is 32.4 Å². The van der Waals surface area contributed by atoms with Crippen molar-refractivity contribution in [2.24, 2.45) is 0 Å². The van der Waals surface area contributed by atoms with Gasteiger partial charge in [0.1, 0.15) is 6.10 Å². The lowest BCUT2D eigenvalue weighted by atomic mass is 10.2. The van der Waals surface area contributed by atoms with Crippen molar-refractivity contribution in [1.29, 1.82) is 0 Å². The van der Waals surface area contributed by atoms with Crippen LogP contribution in [-0.2, 0) is 16.1 Å². The Morgan fingerprint density at radius 1 is 1.69 bits per heavy atom. The average Bonchev–Trinajstić information content (AvgIpc) is 2.89. The second kappa shape index (κ2) is 4.97. The zero-order chi connectivity index (χ0) is 11.5. The molecule has 2 rings (SSSR count). The first-order chi connectivity index (χ1) is 7.68. The third kappa shape index (κ3) is 2.44. The summed E-state index contributed by atoms with van der Waals surface area (Å²) in [5, 5.41) is 2.06. The number of hydrogen-bond acceptors (Lipinski definition) is 3. The van der Waals surface area contributed by atoms with Crippen molar-refractivity contribution in [1.82, 2.24) is 4.90 Å². The molecule has 1 fully saturated rings. The topological polar surface area (TPSA) is 29.5 Å². The fourth-order valence-corrected chi connectivity index (χ4v) is 2.84. The summed E-state index contributed by atoms with van der Waals surface area (Å²) in [4.78, 5) is 15.0. The molecule has 0 aromatic carbocycles. The molecule has 0 aliphatic carbocycles. The van der Waals surface area contributed by atoms with Crippen LogP contribution in [-0.4, -0.2) is 30.6 Å². The highest BCUT2D eigenvalue weighted by molar-refractivity contribution is 7.10. The van der Waals surface area contributed by atoms with Crippen molar-refractivity contribution in [3.8, 4) is 0 Å². The molecule has 16 heavy (non-hydrogen) atoms. The summed E-state index contributed by atoms with van der Waals surface area (Å²) >= 11 is 1.70. The number of rotatable bonds is 3. The van der Waals surface area contributed by atoms with Gasteiger partial charge in [-0.3, -0.25) is 4.79 Å². The van der Waals surface area contributed by atoms with E-state index in [1.165, 1.54) is 10.4 Å². The Labute approximate surface area is 100 Å². The van der Waals surface area contributed by atoms with Gasteiger partial charge in [0.2, 0.25) is 0 Å². The third-order valence-corrected chi connectivity index (χ3v) is 3.94. The highest BCUT2D eigenvalue weighted by Gasteiger charge is 2.26. The van der Waals surface area contributed by atoms with Gasteiger partial charge in [-0.25, -0.2) is 0 Å². The number of likely N-dealkylation sites (N-methyl/N-ethyl adjacent to an activating group) is 1. The standard InChI is InChI=1S/C12H17NO2S/c1-9-5-7-16-11(9)8-13(2)12(14)10-4-3-6-15-10/h5,7,10H,3-4,6,8H2,1-2H3. The van der Waals surface area contributed by atoms with Gasteiger partial charge in [0.05, 0.1) is 6.54 Å². The van der Waals surface area contributed by atoms with Crippen LogP contribution in [0.25, 0.3) is 0 Å². The van der Waals surface area contributed by atoms with Crippen LogP contribution >= 0.6 is 11.3 Å². The van der Waals surface area contributed by atoms with Crippen LogP contribution in [0.1, 0.15) is 23.3 Å². The van der Waals surface area contributed by atoms with E-state index < -0.39 is 0 Å². The van der Waals surface area contributed by atoms with E-state index in [-0.39, 0.29) is 12.0 Å². The minimum atomic E-state index is -0.203. The number of amides is 1. The molecule has 1 aliphatic rings. The van der Waals surface area contributed by atoms with E-state index in [0.29, 0.717) is 6.54 Å². The predicted octanol–water partition coefficient (Wildman–Crippen LogP) is 2.19. The van der Waals surface area contributed by atoms with Crippen LogP contribution < -0.4 is 0 Å². The lowest BCUT2D eigenvalue weighted by Gasteiger charge is -2.20. The fourth-order valence-electron chi connectivity index (χ4n) is 1.88. The number of thiophene rings is 1. The van der Waals surface area contributed by atoms with Gasteiger partial charge in [0.15, 0.2) is 0 Å². The van der Waals surface area contributed by atoms with Crippen molar-refractivity contribution in [2.75, 3.05) is 13.7 Å². The third-order valence-electron chi connectivity index (χ3n) is 2.93. The van der Waals surface area contributed by atoms with Crippen LogP contribution in [0.4, 0.5) is 0 Å². The quantitative estimate of drug-likeness (QED) is 0.809. The number of hydrogen-bond donors (Lipinski definition) is 0. The van der Waals surface area contributed by atoms with Gasteiger partial charge in [-0.2, -0.15) is 0 Å². The molecule has 1 amide bonds. The number of ether oxygens (including phenoxy) is 1. The average molecular weight is 239 g/mol. The molecule has 4 heteroatoms. The Kier molecular flexibility index (Phi) is 3.61. The van der Waals surface area contributed by atoms with Crippen LogP contribution in [0.3, 0.4) is 0 Å². The van der Waals surface area contributed by atoms with Crippen molar-refractivity contribution in [3.05, 3.63) is 21.9 Å². The van der Waals surface area contributed by atoms with E-state index in [2.05, 4.69) is 18.4 Å². The SMILES string of the molecule is Cc1ccsc1CN(C)C(=O)C1CCCO1. The van der Waals surface area contributed by atoms with Gasteiger partial charge in [-0.1, -0.05) is 0 Å². The number of aryl methyl sites for hydroxylation is 1. The molecule has 1 unspecified atom stereocenters. The molecule has 0 N–H and O–H groups in total.